The second-order valence-electron chi connectivity index (χ2n) is 6.87. The van der Waals surface area contributed by atoms with Crippen molar-refractivity contribution in [1.82, 2.24) is 10.2 Å². The summed E-state index contributed by atoms with van der Waals surface area (Å²) in [6, 6.07) is 17.9. The maximum atomic E-state index is 6.15. The molecule has 2 aromatic carbocycles. The molecule has 27 heavy (non-hydrogen) atoms. The highest BCUT2D eigenvalue weighted by Gasteiger charge is 2.42. The first-order valence-electron chi connectivity index (χ1n) is 9.21. The molecule has 0 amide bonds. The van der Waals surface area contributed by atoms with Crippen LogP contribution in [0.4, 0.5) is 0 Å². The average Bonchev–Trinajstić information content (AvgIpc) is 3.25. The molecule has 1 unspecified atom stereocenters. The van der Waals surface area contributed by atoms with Crippen LogP contribution < -0.4 is 9.47 Å². The first-order chi connectivity index (χ1) is 13.4. The SMILES string of the molecule is c1ccc(C2(c3nnc(C4COc5ccccc5O4)o3)CCOCC2)cc1. The minimum Gasteiger partial charge on any atom is -0.485 e. The number of ether oxygens (including phenoxy) is 3. The molecule has 0 aliphatic carbocycles. The van der Waals surface area contributed by atoms with E-state index in [0.717, 1.165) is 18.6 Å². The highest BCUT2D eigenvalue weighted by Crippen LogP contribution is 2.42. The van der Waals surface area contributed by atoms with E-state index in [1.54, 1.807) is 0 Å². The van der Waals surface area contributed by atoms with Gasteiger partial charge >= 0.3 is 0 Å². The third-order valence-electron chi connectivity index (χ3n) is 5.31. The summed E-state index contributed by atoms with van der Waals surface area (Å²) in [5.41, 5.74) is 0.854. The Labute approximate surface area is 157 Å². The van der Waals surface area contributed by atoms with E-state index >= 15 is 0 Å². The van der Waals surface area contributed by atoms with Crippen molar-refractivity contribution < 1.29 is 18.6 Å². The topological polar surface area (TPSA) is 66.6 Å². The summed E-state index contributed by atoms with van der Waals surface area (Å²) in [6.45, 7) is 1.69. The molecule has 5 rings (SSSR count). The summed E-state index contributed by atoms with van der Waals surface area (Å²) in [7, 11) is 0. The first-order valence-corrected chi connectivity index (χ1v) is 9.21. The van der Waals surface area contributed by atoms with E-state index in [9.17, 15) is 0 Å². The number of hydrogen-bond donors (Lipinski definition) is 0. The van der Waals surface area contributed by atoms with Crippen molar-refractivity contribution in [3.8, 4) is 11.5 Å². The van der Waals surface area contributed by atoms with Crippen LogP contribution in [0.1, 0.15) is 36.3 Å². The summed E-state index contributed by atoms with van der Waals surface area (Å²) >= 11 is 0. The van der Waals surface area contributed by atoms with E-state index < -0.39 is 6.10 Å². The molecule has 0 radical (unpaired) electrons. The molecule has 2 aliphatic rings. The number of nitrogens with zero attached hydrogens (tertiary/aromatic N) is 2. The highest BCUT2D eigenvalue weighted by atomic mass is 16.6. The molecule has 0 N–H and O–H groups in total. The minimum absolute atomic E-state index is 0.321. The van der Waals surface area contributed by atoms with Crippen LogP contribution >= 0.6 is 0 Å². The van der Waals surface area contributed by atoms with E-state index in [-0.39, 0.29) is 5.41 Å². The van der Waals surface area contributed by atoms with Gasteiger partial charge in [-0.25, -0.2) is 0 Å². The molecule has 0 saturated carbocycles. The molecular weight excluding hydrogens is 344 g/mol. The third-order valence-corrected chi connectivity index (χ3v) is 5.31. The van der Waals surface area contributed by atoms with Crippen molar-refractivity contribution in [2.45, 2.75) is 24.4 Å². The van der Waals surface area contributed by atoms with Crippen LogP contribution in [0.3, 0.4) is 0 Å². The summed E-state index contributed by atoms with van der Waals surface area (Å²) < 4.78 is 23.5. The smallest absolute Gasteiger partial charge is 0.260 e. The van der Waals surface area contributed by atoms with Crippen LogP contribution in [0.15, 0.2) is 59.0 Å². The zero-order valence-corrected chi connectivity index (χ0v) is 14.8. The van der Waals surface area contributed by atoms with Gasteiger partial charge in [-0.1, -0.05) is 42.5 Å². The molecule has 1 aromatic heterocycles. The van der Waals surface area contributed by atoms with Gasteiger partial charge in [-0.05, 0) is 30.5 Å². The lowest BCUT2D eigenvalue weighted by Gasteiger charge is -2.34. The maximum absolute atomic E-state index is 6.15. The largest absolute Gasteiger partial charge is 0.485 e. The molecule has 0 spiro atoms. The monoisotopic (exact) mass is 364 g/mol. The molecule has 1 atom stereocenters. The molecule has 138 valence electrons. The summed E-state index contributed by atoms with van der Waals surface area (Å²) in [5.74, 6) is 2.49. The fourth-order valence-corrected chi connectivity index (χ4v) is 3.80. The van der Waals surface area contributed by atoms with Crippen LogP contribution in [0.2, 0.25) is 0 Å². The van der Waals surface area contributed by atoms with E-state index in [2.05, 4.69) is 22.3 Å². The van der Waals surface area contributed by atoms with Gasteiger partial charge in [0.15, 0.2) is 11.5 Å². The summed E-state index contributed by atoms with van der Waals surface area (Å²) in [5, 5.41) is 8.71. The van der Waals surface area contributed by atoms with Gasteiger partial charge in [0.1, 0.15) is 6.61 Å². The van der Waals surface area contributed by atoms with Gasteiger partial charge in [0, 0.05) is 13.2 Å². The van der Waals surface area contributed by atoms with Gasteiger partial charge in [0.05, 0.1) is 5.41 Å². The molecule has 1 saturated heterocycles. The van der Waals surface area contributed by atoms with E-state index in [4.69, 9.17) is 18.6 Å². The van der Waals surface area contributed by atoms with Gasteiger partial charge in [-0.3, -0.25) is 0 Å². The fraction of sp³-hybridized carbons (Fsp3) is 0.333. The Morgan fingerprint density at radius 2 is 1.59 bits per heavy atom. The number of aromatic nitrogens is 2. The van der Waals surface area contributed by atoms with Crippen molar-refractivity contribution in [1.29, 1.82) is 0 Å². The lowest BCUT2D eigenvalue weighted by atomic mass is 9.74. The van der Waals surface area contributed by atoms with Crippen LogP contribution in [-0.2, 0) is 10.2 Å². The van der Waals surface area contributed by atoms with Crippen LogP contribution in [0, 0.1) is 0 Å². The minimum atomic E-state index is -0.409. The van der Waals surface area contributed by atoms with Gasteiger partial charge in [-0.15, -0.1) is 10.2 Å². The van der Waals surface area contributed by atoms with Gasteiger partial charge in [0.25, 0.3) is 5.89 Å². The first kappa shape index (κ1) is 16.3. The Balaban J connectivity index is 1.47. The zero-order valence-electron chi connectivity index (χ0n) is 14.8. The van der Waals surface area contributed by atoms with Crippen molar-refractivity contribution in [2.75, 3.05) is 19.8 Å². The van der Waals surface area contributed by atoms with Crippen LogP contribution in [0.25, 0.3) is 0 Å². The van der Waals surface area contributed by atoms with E-state index in [0.29, 0.717) is 37.4 Å². The Kier molecular flexibility index (Phi) is 4.05. The van der Waals surface area contributed by atoms with Gasteiger partial charge < -0.3 is 18.6 Å². The van der Waals surface area contributed by atoms with Crippen LogP contribution in [0.5, 0.6) is 11.5 Å². The Bertz CT molecular complexity index is 919. The van der Waals surface area contributed by atoms with Crippen LogP contribution in [-0.4, -0.2) is 30.0 Å². The quantitative estimate of drug-likeness (QED) is 0.706. The lowest BCUT2D eigenvalue weighted by molar-refractivity contribution is 0.0481. The molecule has 6 nitrogen and oxygen atoms in total. The Hall–Kier alpha value is -2.86. The van der Waals surface area contributed by atoms with Crippen molar-refractivity contribution >= 4 is 0 Å². The molecule has 6 heteroatoms. The Morgan fingerprint density at radius 3 is 2.41 bits per heavy atom. The number of benzene rings is 2. The summed E-state index contributed by atoms with van der Waals surface area (Å²) in [4.78, 5) is 0. The standard InChI is InChI=1S/C21H20N2O4/c1-2-6-15(7-3-1)21(10-12-24-13-11-21)20-23-22-19(27-20)18-14-25-16-8-4-5-9-17(16)26-18/h1-9,18H,10-14H2. The Morgan fingerprint density at radius 1 is 0.852 bits per heavy atom. The molecule has 2 aliphatic heterocycles. The molecular formula is C21H20N2O4. The average molecular weight is 364 g/mol. The zero-order chi connectivity index (χ0) is 18.1. The van der Waals surface area contributed by atoms with Crippen molar-refractivity contribution in [2.24, 2.45) is 0 Å². The predicted octanol–water partition coefficient (Wildman–Crippen LogP) is 3.68. The fourth-order valence-electron chi connectivity index (χ4n) is 3.80. The normalized spacial score (nSPS) is 21.0. The van der Waals surface area contributed by atoms with Crippen molar-refractivity contribution in [3.05, 3.63) is 71.9 Å². The van der Waals surface area contributed by atoms with Gasteiger partial charge in [0.2, 0.25) is 12.0 Å². The van der Waals surface area contributed by atoms with Crippen molar-refractivity contribution in [3.63, 3.8) is 0 Å². The third kappa shape index (κ3) is 2.86. The lowest BCUT2D eigenvalue weighted by Crippen LogP contribution is -2.35. The molecule has 3 heterocycles. The van der Waals surface area contributed by atoms with E-state index in [1.807, 2.05) is 42.5 Å². The maximum Gasteiger partial charge on any atom is 0.260 e. The summed E-state index contributed by atoms with van der Waals surface area (Å²) in [6.07, 6.45) is 1.21. The highest BCUT2D eigenvalue weighted by molar-refractivity contribution is 5.41. The molecule has 1 fully saturated rings. The number of rotatable bonds is 3. The second kappa shape index (κ2) is 6.70. The molecule has 3 aromatic rings. The predicted molar refractivity (Wildman–Crippen MR) is 96.9 cm³/mol. The van der Waals surface area contributed by atoms with Gasteiger partial charge in [-0.2, -0.15) is 0 Å². The number of para-hydroxylation sites is 2. The number of hydrogen-bond acceptors (Lipinski definition) is 6. The molecule has 0 bridgehead atoms. The number of fused-ring (bicyclic) bond motifs is 1. The van der Waals surface area contributed by atoms with E-state index in [1.165, 1.54) is 5.56 Å². The second-order valence-corrected chi connectivity index (χ2v) is 6.87.